The molecule has 162 valence electrons. The van der Waals surface area contributed by atoms with Gasteiger partial charge in [-0.2, -0.15) is 23.3 Å². The van der Waals surface area contributed by atoms with Crippen molar-refractivity contribution in [1.82, 2.24) is 24.7 Å². The Morgan fingerprint density at radius 1 is 1.16 bits per heavy atom. The van der Waals surface area contributed by atoms with E-state index in [0.29, 0.717) is 17.4 Å². The highest BCUT2D eigenvalue weighted by atomic mass is 19.4. The second-order valence-corrected chi connectivity index (χ2v) is 8.57. The summed E-state index contributed by atoms with van der Waals surface area (Å²) in [4.78, 5) is 12.2. The summed E-state index contributed by atoms with van der Waals surface area (Å²) in [5.41, 5.74) is -0.882. The van der Waals surface area contributed by atoms with E-state index in [-0.39, 0.29) is 18.3 Å². The van der Waals surface area contributed by atoms with Gasteiger partial charge >= 0.3 is 6.18 Å². The van der Waals surface area contributed by atoms with E-state index < -0.39 is 22.4 Å². The van der Waals surface area contributed by atoms with Crippen LogP contribution in [0.5, 0.6) is 0 Å². The van der Waals surface area contributed by atoms with E-state index in [1.807, 2.05) is 37.4 Å². The Morgan fingerprint density at radius 2 is 1.87 bits per heavy atom. The molecule has 3 aromatic heterocycles. The second-order valence-electron chi connectivity index (χ2n) is 8.57. The molecule has 3 aromatic rings. The van der Waals surface area contributed by atoms with Gasteiger partial charge in [-0.25, -0.2) is 9.97 Å². The molecule has 0 fully saturated rings. The summed E-state index contributed by atoms with van der Waals surface area (Å²) in [5, 5.41) is 9.96. The van der Waals surface area contributed by atoms with Crippen molar-refractivity contribution in [2.45, 2.75) is 37.6 Å². The standard InChI is InChI=1S/C17H23B3F3N7O/c1-4-24-12-9(16(21,22)23)8-26-14(28-12)27-11-7-10(29-30(11)17(18,19)20)15(2,3)13-25-5-6-31-13/h5-8H,4,18-20H2,1-3H3,(H2,24,26,27,28). The molecular weight excluding hydrogens is 408 g/mol. The molecule has 0 aliphatic heterocycles. The Bertz CT molecular complexity index is 1050. The van der Waals surface area contributed by atoms with E-state index >= 15 is 0 Å². The molecule has 0 aliphatic rings. The minimum Gasteiger partial charge on any atom is -0.448 e. The van der Waals surface area contributed by atoms with Crippen LogP contribution in [0, 0.1) is 0 Å². The summed E-state index contributed by atoms with van der Waals surface area (Å²) in [6.45, 7) is 5.83. The molecule has 8 nitrogen and oxygen atoms in total. The molecule has 0 aromatic carbocycles. The Balaban J connectivity index is 2.03. The van der Waals surface area contributed by atoms with Gasteiger partial charge in [-0.1, -0.05) is 0 Å². The molecular formula is C17H23B3F3N7O. The highest BCUT2D eigenvalue weighted by Gasteiger charge is 2.36. The number of hydrogen-bond acceptors (Lipinski definition) is 7. The summed E-state index contributed by atoms with van der Waals surface area (Å²) in [6, 6.07) is 1.80. The Kier molecular flexibility index (Phi) is 5.85. The zero-order chi connectivity index (χ0) is 23.0. The molecule has 31 heavy (non-hydrogen) atoms. The van der Waals surface area contributed by atoms with Crippen molar-refractivity contribution in [3.63, 3.8) is 0 Å². The van der Waals surface area contributed by atoms with Gasteiger partial charge in [0.25, 0.3) is 0 Å². The van der Waals surface area contributed by atoms with Gasteiger partial charge in [-0.3, -0.25) is 4.68 Å². The quantitative estimate of drug-likeness (QED) is 0.531. The van der Waals surface area contributed by atoms with Crippen molar-refractivity contribution in [2.75, 3.05) is 17.2 Å². The summed E-state index contributed by atoms with van der Waals surface area (Å²) < 4.78 is 47.0. The predicted molar refractivity (Wildman–Crippen MR) is 119 cm³/mol. The van der Waals surface area contributed by atoms with Crippen molar-refractivity contribution >= 4 is 41.1 Å². The highest BCUT2D eigenvalue weighted by Crippen LogP contribution is 2.35. The summed E-state index contributed by atoms with van der Waals surface area (Å²) >= 11 is 0. The lowest BCUT2D eigenvalue weighted by Gasteiger charge is -2.23. The average Bonchev–Trinajstić information content (AvgIpc) is 3.31. The first-order chi connectivity index (χ1) is 14.3. The van der Waals surface area contributed by atoms with Crippen molar-refractivity contribution in [3.05, 3.63) is 41.9 Å². The van der Waals surface area contributed by atoms with Gasteiger partial charge < -0.3 is 15.1 Å². The third-order valence-corrected chi connectivity index (χ3v) is 4.63. The monoisotopic (exact) mass is 431 g/mol. The molecule has 0 saturated carbocycles. The highest BCUT2D eigenvalue weighted by molar-refractivity contribution is 6.56. The van der Waals surface area contributed by atoms with Gasteiger partial charge in [-0.15, -0.1) is 0 Å². The summed E-state index contributed by atoms with van der Waals surface area (Å²) in [6.07, 6.45) is -0.732. The van der Waals surface area contributed by atoms with Crippen LogP contribution in [-0.4, -0.2) is 54.8 Å². The number of aromatic nitrogens is 5. The van der Waals surface area contributed by atoms with Crippen molar-refractivity contribution < 1.29 is 17.6 Å². The minimum absolute atomic E-state index is 0.0230. The lowest BCUT2D eigenvalue weighted by molar-refractivity contribution is -0.137. The largest absolute Gasteiger partial charge is 0.448 e. The maximum Gasteiger partial charge on any atom is 0.421 e. The topological polar surface area (TPSA) is 93.7 Å². The van der Waals surface area contributed by atoms with E-state index in [1.165, 1.54) is 6.26 Å². The Labute approximate surface area is 180 Å². The van der Waals surface area contributed by atoms with Crippen LogP contribution in [0.25, 0.3) is 0 Å². The van der Waals surface area contributed by atoms with Crippen LogP contribution >= 0.6 is 0 Å². The van der Waals surface area contributed by atoms with E-state index in [4.69, 9.17) is 9.52 Å². The number of nitrogens with zero attached hydrogens (tertiary/aromatic N) is 5. The molecule has 0 saturated heterocycles. The van der Waals surface area contributed by atoms with Crippen molar-refractivity contribution in [2.24, 2.45) is 0 Å². The minimum atomic E-state index is -4.56. The first-order valence-corrected chi connectivity index (χ1v) is 9.80. The van der Waals surface area contributed by atoms with Crippen LogP contribution in [0.3, 0.4) is 0 Å². The normalized spacial score (nSPS) is 12.7. The first-order valence-electron chi connectivity index (χ1n) is 9.80. The molecule has 0 spiro atoms. The number of anilines is 3. The molecule has 2 N–H and O–H groups in total. The van der Waals surface area contributed by atoms with Crippen LogP contribution in [0.15, 0.2) is 29.1 Å². The zero-order valence-electron chi connectivity index (χ0n) is 18.3. The number of halogens is 3. The van der Waals surface area contributed by atoms with E-state index in [0.717, 1.165) is 6.20 Å². The second kappa shape index (κ2) is 7.97. The maximum absolute atomic E-state index is 13.3. The average molecular weight is 431 g/mol. The SMILES string of the molecule is BC(B)(B)n1nc(C(C)(C)c2ncco2)cc1Nc1ncc(C(F)(F)F)c(NCC)n1. The van der Waals surface area contributed by atoms with E-state index in [9.17, 15) is 13.2 Å². The van der Waals surface area contributed by atoms with Crippen molar-refractivity contribution in [3.8, 4) is 0 Å². The van der Waals surface area contributed by atoms with Gasteiger partial charge in [-0.05, 0) is 26.0 Å². The fourth-order valence-electron chi connectivity index (χ4n) is 2.99. The molecule has 0 unspecified atom stereocenters. The van der Waals surface area contributed by atoms with Crippen LogP contribution in [-0.2, 0) is 16.8 Å². The molecule has 3 heterocycles. The van der Waals surface area contributed by atoms with Crippen LogP contribution < -0.4 is 10.6 Å². The Morgan fingerprint density at radius 3 is 2.42 bits per heavy atom. The molecule has 0 atom stereocenters. The van der Waals surface area contributed by atoms with Gasteiger partial charge in [0.15, 0.2) is 0 Å². The number of hydrogen-bond donors (Lipinski definition) is 2. The number of rotatable bonds is 7. The molecule has 14 heteroatoms. The summed E-state index contributed by atoms with van der Waals surface area (Å²) in [7, 11) is 5.89. The lowest BCUT2D eigenvalue weighted by atomic mass is 9.49. The maximum atomic E-state index is 13.3. The van der Waals surface area contributed by atoms with Crippen LogP contribution in [0.4, 0.5) is 30.8 Å². The van der Waals surface area contributed by atoms with Crippen LogP contribution in [0.1, 0.15) is 37.9 Å². The Hall–Kier alpha value is -2.92. The van der Waals surface area contributed by atoms with E-state index in [1.54, 1.807) is 23.9 Å². The van der Waals surface area contributed by atoms with Gasteiger partial charge in [0.1, 0.15) is 47.0 Å². The number of nitrogens with one attached hydrogen (secondary N) is 2. The smallest absolute Gasteiger partial charge is 0.421 e. The van der Waals surface area contributed by atoms with E-state index in [2.05, 4.69) is 25.6 Å². The molecule has 3 rings (SSSR count). The molecule has 0 amide bonds. The zero-order valence-corrected chi connectivity index (χ0v) is 18.3. The summed E-state index contributed by atoms with van der Waals surface area (Å²) in [5.74, 6) is 0.770. The third kappa shape index (κ3) is 4.72. The molecule has 0 bridgehead atoms. The third-order valence-electron chi connectivity index (χ3n) is 4.63. The molecule has 0 aliphatic carbocycles. The van der Waals surface area contributed by atoms with Gasteiger partial charge in [0.05, 0.1) is 17.3 Å². The lowest BCUT2D eigenvalue weighted by Crippen LogP contribution is -2.37. The number of alkyl halides is 3. The fraction of sp³-hybridized carbons (Fsp3) is 0.412. The fourth-order valence-corrected chi connectivity index (χ4v) is 2.99. The first kappa shape index (κ1) is 22.8. The van der Waals surface area contributed by atoms with Gasteiger partial charge in [0.2, 0.25) is 11.8 Å². The molecule has 0 radical (unpaired) electrons. The number of oxazole rings is 1. The van der Waals surface area contributed by atoms with Gasteiger partial charge in [0, 0.05) is 18.8 Å². The van der Waals surface area contributed by atoms with Crippen LogP contribution in [0.2, 0.25) is 0 Å². The van der Waals surface area contributed by atoms with Crippen molar-refractivity contribution in [1.29, 1.82) is 0 Å². The predicted octanol–water partition coefficient (Wildman–Crippen LogP) is 0.648.